The fourth-order valence-electron chi connectivity index (χ4n) is 7.69. The zero-order valence-electron chi connectivity index (χ0n) is 18.7. The molecule has 0 bridgehead atoms. The highest BCUT2D eigenvalue weighted by Gasteiger charge is 2.59. The first-order chi connectivity index (χ1) is 14.9. The summed E-state index contributed by atoms with van der Waals surface area (Å²) in [4.78, 5) is 24.3. The molecule has 1 aliphatic heterocycles. The van der Waals surface area contributed by atoms with Gasteiger partial charge < -0.3 is 16.0 Å². The molecule has 0 radical (unpaired) electrons. The smallest absolute Gasteiger partial charge is 0.319 e. The number of hydrogen-bond acceptors (Lipinski definition) is 2. The van der Waals surface area contributed by atoms with E-state index in [1.165, 1.54) is 32.1 Å². The van der Waals surface area contributed by atoms with Crippen molar-refractivity contribution in [2.75, 3.05) is 11.9 Å². The molecule has 4 unspecified atom stereocenters. The molecule has 4 aliphatic rings. The number of rotatable bonds is 3. The van der Waals surface area contributed by atoms with E-state index in [0.717, 1.165) is 30.5 Å². The van der Waals surface area contributed by atoms with E-state index in [0.29, 0.717) is 17.3 Å². The van der Waals surface area contributed by atoms with Crippen LogP contribution in [-0.4, -0.2) is 24.5 Å². The number of urea groups is 1. The second-order valence-electron chi connectivity index (χ2n) is 10.7. The van der Waals surface area contributed by atoms with Crippen LogP contribution in [0.2, 0.25) is 0 Å². The summed E-state index contributed by atoms with van der Waals surface area (Å²) < 4.78 is 0. The van der Waals surface area contributed by atoms with Crippen molar-refractivity contribution in [2.45, 2.75) is 58.4 Å². The fraction of sp³-hybridized carbons (Fsp3) is 0.615. The summed E-state index contributed by atoms with van der Waals surface area (Å²) in [5.41, 5.74) is 1.21. The first kappa shape index (κ1) is 20.6. The number of anilines is 1. The molecule has 3 saturated carbocycles. The highest BCUT2D eigenvalue weighted by molar-refractivity contribution is 5.89. The lowest BCUT2D eigenvalue weighted by Gasteiger charge is -2.59. The molecule has 3 aliphatic carbocycles. The molecule has 3 N–H and O–H groups in total. The predicted octanol–water partition coefficient (Wildman–Crippen LogP) is 4.72. The molecule has 0 aromatic heterocycles. The van der Waals surface area contributed by atoms with E-state index in [4.69, 9.17) is 0 Å². The molecular formula is C26H35N3O2. The first-order valence-electron chi connectivity index (χ1n) is 12.0. The predicted molar refractivity (Wildman–Crippen MR) is 122 cm³/mol. The van der Waals surface area contributed by atoms with Gasteiger partial charge >= 0.3 is 6.03 Å². The number of amides is 3. The van der Waals surface area contributed by atoms with Gasteiger partial charge in [-0.25, -0.2) is 4.79 Å². The maximum absolute atomic E-state index is 12.4. The van der Waals surface area contributed by atoms with Gasteiger partial charge in [-0.3, -0.25) is 4.79 Å². The lowest BCUT2D eigenvalue weighted by molar-refractivity contribution is -0.122. The Hall–Kier alpha value is -2.30. The molecule has 5 heteroatoms. The normalized spacial score (nSPS) is 40.8. The maximum atomic E-state index is 12.4. The van der Waals surface area contributed by atoms with Crippen molar-refractivity contribution in [3.05, 3.63) is 42.5 Å². The van der Waals surface area contributed by atoms with Crippen molar-refractivity contribution >= 4 is 17.6 Å². The summed E-state index contributed by atoms with van der Waals surface area (Å²) in [6.45, 7) is 5.60. The Morgan fingerprint density at radius 1 is 1.06 bits per heavy atom. The van der Waals surface area contributed by atoms with E-state index in [1.807, 2.05) is 30.3 Å². The van der Waals surface area contributed by atoms with Crippen molar-refractivity contribution < 1.29 is 9.59 Å². The molecule has 5 rings (SSSR count). The zero-order chi connectivity index (χ0) is 21.6. The van der Waals surface area contributed by atoms with Gasteiger partial charge in [0.15, 0.2) is 0 Å². The maximum Gasteiger partial charge on any atom is 0.319 e. The molecule has 7 atom stereocenters. The second-order valence-corrected chi connectivity index (χ2v) is 10.7. The molecular weight excluding hydrogens is 386 g/mol. The van der Waals surface area contributed by atoms with E-state index in [-0.39, 0.29) is 23.4 Å². The van der Waals surface area contributed by atoms with Gasteiger partial charge in [-0.15, -0.1) is 0 Å². The third-order valence-electron chi connectivity index (χ3n) is 9.42. The highest BCUT2D eigenvalue weighted by Crippen LogP contribution is 2.64. The van der Waals surface area contributed by atoms with Crippen LogP contribution in [0, 0.1) is 34.5 Å². The topological polar surface area (TPSA) is 70.2 Å². The molecule has 5 nitrogen and oxygen atoms in total. The summed E-state index contributed by atoms with van der Waals surface area (Å²) in [5, 5.41) is 9.34. The minimum absolute atomic E-state index is 0.0716. The standard InChI is InChI=1S/C26H35N3O2/c1-25-14-12-21-19(9-11-22-26(21,2)15-13-23(30)29-22)20(25)10-8-17(25)16-27-24(31)28-18-6-4-3-5-7-18/h3-7,13,15,17,19-22H,8-12,14,16H2,1-2H3,(H,29,30)(H2,27,28,31)/t17-,19?,20?,21?,22?,25-,26-/m1/s1. The molecule has 1 aromatic rings. The van der Waals surface area contributed by atoms with Crippen LogP contribution in [-0.2, 0) is 4.79 Å². The Morgan fingerprint density at radius 2 is 1.87 bits per heavy atom. The van der Waals surface area contributed by atoms with E-state index in [9.17, 15) is 9.59 Å². The molecule has 3 fully saturated rings. The van der Waals surface area contributed by atoms with E-state index in [2.05, 4.69) is 35.9 Å². The molecule has 0 saturated heterocycles. The lowest BCUT2D eigenvalue weighted by atomic mass is 9.48. The van der Waals surface area contributed by atoms with Gasteiger partial charge in [0.25, 0.3) is 0 Å². The summed E-state index contributed by atoms with van der Waals surface area (Å²) >= 11 is 0. The number of hydrogen-bond donors (Lipinski definition) is 3. The van der Waals surface area contributed by atoms with Crippen molar-refractivity contribution in [3.8, 4) is 0 Å². The van der Waals surface area contributed by atoms with Gasteiger partial charge in [0, 0.05) is 23.7 Å². The molecule has 1 aromatic carbocycles. The number of fused-ring (bicyclic) bond motifs is 5. The van der Waals surface area contributed by atoms with Crippen molar-refractivity contribution in [1.82, 2.24) is 10.6 Å². The van der Waals surface area contributed by atoms with Crippen LogP contribution in [0.25, 0.3) is 0 Å². The molecule has 3 amide bonds. The summed E-state index contributed by atoms with van der Waals surface area (Å²) in [6, 6.07) is 9.81. The number of benzene rings is 1. The fourth-order valence-corrected chi connectivity index (χ4v) is 7.69. The van der Waals surface area contributed by atoms with Crippen LogP contribution >= 0.6 is 0 Å². The van der Waals surface area contributed by atoms with Gasteiger partial charge in [-0.2, -0.15) is 0 Å². The van der Waals surface area contributed by atoms with Gasteiger partial charge in [0.1, 0.15) is 0 Å². The molecule has 0 spiro atoms. The quantitative estimate of drug-likeness (QED) is 0.661. The molecule has 31 heavy (non-hydrogen) atoms. The van der Waals surface area contributed by atoms with Crippen LogP contribution in [0.5, 0.6) is 0 Å². The second kappa shape index (κ2) is 7.68. The minimum Gasteiger partial charge on any atom is -0.349 e. The van der Waals surface area contributed by atoms with Crippen LogP contribution in [0.15, 0.2) is 42.5 Å². The first-order valence-corrected chi connectivity index (χ1v) is 12.0. The van der Waals surface area contributed by atoms with Gasteiger partial charge in [0.2, 0.25) is 5.91 Å². The Balaban J connectivity index is 1.25. The molecule has 1 heterocycles. The number of nitrogens with one attached hydrogen (secondary N) is 3. The van der Waals surface area contributed by atoms with Gasteiger partial charge in [0.05, 0.1) is 0 Å². The van der Waals surface area contributed by atoms with Crippen molar-refractivity contribution in [1.29, 1.82) is 0 Å². The third kappa shape index (κ3) is 3.46. The number of para-hydroxylation sites is 1. The number of carbonyl (C=O) groups is 2. The van der Waals surface area contributed by atoms with Crippen molar-refractivity contribution in [2.24, 2.45) is 34.5 Å². The van der Waals surface area contributed by atoms with Crippen LogP contribution in [0.1, 0.15) is 52.4 Å². The largest absolute Gasteiger partial charge is 0.349 e. The Kier molecular flexibility index (Phi) is 5.10. The Labute approximate surface area is 185 Å². The van der Waals surface area contributed by atoms with E-state index in [1.54, 1.807) is 6.08 Å². The average molecular weight is 422 g/mol. The Bertz CT molecular complexity index is 884. The van der Waals surface area contributed by atoms with E-state index >= 15 is 0 Å². The average Bonchev–Trinajstić information content (AvgIpc) is 3.10. The van der Waals surface area contributed by atoms with E-state index < -0.39 is 0 Å². The summed E-state index contributed by atoms with van der Waals surface area (Å²) in [6.07, 6.45) is 11.2. The van der Waals surface area contributed by atoms with Crippen molar-refractivity contribution in [3.63, 3.8) is 0 Å². The third-order valence-corrected chi connectivity index (χ3v) is 9.42. The van der Waals surface area contributed by atoms with Crippen LogP contribution in [0.4, 0.5) is 10.5 Å². The Morgan fingerprint density at radius 3 is 2.68 bits per heavy atom. The number of carbonyl (C=O) groups excluding carboxylic acids is 2. The summed E-state index contributed by atoms with van der Waals surface area (Å²) in [7, 11) is 0. The van der Waals surface area contributed by atoms with Crippen LogP contribution in [0.3, 0.4) is 0 Å². The monoisotopic (exact) mass is 421 g/mol. The summed E-state index contributed by atoms with van der Waals surface area (Å²) in [5.74, 6) is 2.70. The highest BCUT2D eigenvalue weighted by atomic mass is 16.2. The van der Waals surface area contributed by atoms with Gasteiger partial charge in [-0.1, -0.05) is 38.1 Å². The zero-order valence-corrected chi connectivity index (χ0v) is 18.7. The van der Waals surface area contributed by atoms with Gasteiger partial charge in [-0.05, 0) is 85.8 Å². The molecule has 166 valence electrons. The lowest BCUT2D eigenvalue weighted by Crippen LogP contribution is -2.59. The SMILES string of the molecule is C[C@]12C=CC(=O)NC1CCC1C2CC[C@@]2(C)C1CC[C@@H]2CNC(=O)Nc1ccccc1. The minimum atomic E-state index is -0.108. The van der Waals surface area contributed by atoms with Crippen LogP contribution < -0.4 is 16.0 Å².